The van der Waals surface area contributed by atoms with Crippen molar-refractivity contribution >= 4 is 0 Å². The molecule has 2 atom stereocenters. The predicted molar refractivity (Wildman–Crippen MR) is 100 cm³/mol. The molecule has 0 amide bonds. The maximum absolute atomic E-state index is 6.06. The van der Waals surface area contributed by atoms with Gasteiger partial charge in [0.05, 0.1) is 6.10 Å². The molecular formula is C21H33N3O. The topological polar surface area (TPSA) is 37.4 Å². The van der Waals surface area contributed by atoms with Gasteiger partial charge in [-0.05, 0) is 63.7 Å². The fraction of sp³-hybridized carbons (Fsp3) is 0.762. The van der Waals surface area contributed by atoms with Gasteiger partial charge in [0.2, 0.25) is 0 Å². The second-order valence-corrected chi connectivity index (χ2v) is 8.25. The van der Waals surface area contributed by atoms with Crippen LogP contribution in [-0.2, 0) is 11.3 Å². The number of aromatic nitrogens is 1. The van der Waals surface area contributed by atoms with Crippen molar-refractivity contribution in [3.8, 4) is 0 Å². The summed E-state index contributed by atoms with van der Waals surface area (Å²) in [6, 6.07) is 5.61. The third kappa shape index (κ3) is 3.62. The lowest BCUT2D eigenvalue weighted by atomic mass is 9.60. The van der Waals surface area contributed by atoms with E-state index in [4.69, 9.17) is 4.74 Å². The molecule has 1 saturated heterocycles. The minimum absolute atomic E-state index is 0.461. The molecule has 1 spiro atoms. The van der Waals surface area contributed by atoms with E-state index in [9.17, 15) is 0 Å². The molecule has 4 nitrogen and oxygen atoms in total. The van der Waals surface area contributed by atoms with Crippen LogP contribution in [0.5, 0.6) is 0 Å². The summed E-state index contributed by atoms with van der Waals surface area (Å²) in [5.41, 5.74) is 1.79. The predicted octanol–water partition coefficient (Wildman–Crippen LogP) is 3.37. The van der Waals surface area contributed by atoms with Gasteiger partial charge in [-0.15, -0.1) is 0 Å². The van der Waals surface area contributed by atoms with Gasteiger partial charge in [-0.3, -0.25) is 9.88 Å². The summed E-state index contributed by atoms with van der Waals surface area (Å²) in [4.78, 5) is 6.81. The van der Waals surface area contributed by atoms with Gasteiger partial charge in [0.15, 0.2) is 0 Å². The molecule has 25 heavy (non-hydrogen) atoms. The Kier molecular flexibility index (Phi) is 5.39. The second-order valence-electron chi connectivity index (χ2n) is 8.25. The summed E-state index contributed by atoms with van der Waals surface area (Å²) in [7, 11) is 0. The van der Waals surface area contributed by atoms with Crippen molar-refractivity contribution in [2.24, 2.45) is 5.41 Å². The molecule has 4 heteroatoms. The van der Waals surface area contributed by atoms with E-state index in [1.807, 2.05) is 18.5 Å². The average Bonchev–Trinajstić information content (AvgIpc) is 3.16. The molecule has 2 heterocycles. The minimum Gasteiger partial charge on any atom is -0.378 e. The van der Waals surface area contributed by atoms with Crippen molar-refractivity contribution in [2.45, 2.75) is 76.6 Å². The van der Waals surface area contributed by atoms with Gasteiger partial charge in [0.25, 0.3) is 0 Å². The zero-order valence-corrected chi connectivity index (χ0v) is 15.6. The van der Waals surface area contributed by atoms with Gasteiger partial charge in [-0.1, -0.05) is 18.9 Å². The summed E-state index contributed by atoms with van der Waals surface area (Å²) in [6.07, 6.45) is 13.7. The Morgan fingerprint density at radius 2 is 2.08 bits per heavy atom. The van der Waals surface area contributed by atoms with E-state index < -0.39 is 0 Å². The Balaban J connectivity index is 1.26. The molecule has 1 N–H and O–H groups in total. The van der Waals surface area contributed by atoms with Gasteiger partial charge in [0, 0.05) is 43.0 Å². The molecule has 0 bridgehead atoms. The Bertz CT molecular complexity index is 535. The number of likely N-dealkylation sites (tertiary alicyclic amines) is 1. The Labute approximate surface area is 152 Å². The quantitative estimate of drug-likeness (QED) is 0.859. The van der Waals surface area contributed by atoms with Crippen molar-refractivity contribution in [1.29, 1.82) is 0 Å². The SMILES string of the molecule is CCO[C@H]1C[C@H](NC2CCN(Cc3cccnc3)CC2)C12CCCC2. The highest BCUT2D eigenvalue weighted by Gasteiger charge is 2.56. The lowest BCUT2D eigenvalue weighted by Crippen LogP contribution is -2.65. The first-order valence-corrected chi connectivity index (χ1v) is 10.3. The first kappa shape index (κ1) is 17.4. The summed E-state index contributed by atoms with van der Waals surface area (Å²) in [5.74, 6) is 0. The summed E-state index contributed by atoms with van der Waals surface area (Å²) < 4.78 is 6.06. The molecule has 2 saturated carbocycles. The number of pyridine rings is 1. The molecule has 1 aliphatic heterocycles. The second kappa shape index (κ2) is 7.73. The highest BCUT2D eigenvalue weighted by atomic mass is 16.5. The van der Waals surface area contributed by atoms with Crippen LogP contribution in [0, 0.1) is 5.41 Å². The summed E-state index contributed by atoms with van der Waals surface area (Å²) in [6.45, 7) is 6.44. The van der Waals surface area contributed by atoms with Gasteiger partial charge in [-0.25, -0.2) is 0 Å². The van der Waals surface area contributed by atoms with Gasteiger partial charge in [-0.2, -0.15) is 0 Å². The van der Waals surface area contributed by atoms with Gasteiger partial charge < -0.3 is 10.1 Å². The van der Waals surface area contributed by atoms with E-state index in [-0.39, 0.29) is 0 Å². The number of ether oxygens (including phenoxy) is 1. The maximum Gasteiger partial charge on any atom is 0.0661 e. The van der Waals surface area contributed by atoms with E-state index in [1.54, 1.807) is 0 Å². The van der Waals surface area contributed by atoms with Gasteiger partial charge in [0.1, 0.15) is 0 Å². The van der Waals surface area contributed by atoms with E-state index in [0.29, 0.717) is 23.6 Å². The Morgan fingerprint density at radius 3 is 2.76 bits per heavy atom. The van der Waals surface area contributed by atoms with Gasteiger partial charge >= 0.3 is 0 Å². The van der Waals surface area contributed by atoms with E-state index >= 15 is 0 Å². The van der Waals surface area contributed by atoms with Crippen LogP contribution in [0.15, 0.2) is 24.5 Å². The standard InChI is InChI=1S/C21H33N3O/c1-2-25-20-14-19(21(20)9-3-4-10-21)23-18-7-12-24(13-8-18)16-17-6-5-11-22-15-17/h5-6,11,15,18-20,23H,2-4,7-10,12-14,16H2,1H3/t19-,20-/m0/s1. The normalized spacial score (nSPS) is 29.8. The Hall–Kier alpha value is -0.970. The van der Waals surface area contributed by atoms with Crippen LogP contribution in [-0.4, -0.2) is 47.8 Å². The van der Waals surface area contributed by atoms with Crippen LogP contribution in [0.25, 0.3) is 0 Å². The molecular weight excluding hydrogens is 310 g/mol. The third-order valence-corrected chi connectivity index (χ3v) is 6.84. The van der Waals surface area contributed by atoms with Crippen molar-refractivity contribution in [2.75, 3.05) is 19.7 Å². The fourth-order valence-corrected chi connectivity index (χ4v) is 5.41. The number of hydrogen-bond donors (Lipinski definition) is 1. The molecule has 1 aromatic heterocycles. The molecule has 138 valence electrons. The maximum atomic E-state index is 6.06. The molecule has 4 rings (SSSR count). The number of rotatable bonds is 6. The summed E-state index contributed by atoms with van der Waals surface area (Å²) in [5, 5.41) is 4.04. The number of hydrogen-bond acceptors (Lipinski definition) is 4. The lowest BCUT2D eigenvalue weighted by molar-refractivity contribution is -0.133. The highest BCUT2D eigenvalue weighted by Crippen LogP contribution is 2.55. The van der Waals surface area contributed by atoms with Crippen LogP contribution in [0.1, 0.15) is 57.4 Å². The van der Waals surface area contributed by atoms with Crippen molar-refractivity contribution in [1.82, 2.24) is 15.2 Å². The zero-order chi connectivity index (χ0) is 17.1. The van der Waals surface area contributed by atoms with Crippen molar-refractivity contribution in [3.05, 3.63) is 30.1 Å². The number of piperidine rings is 1. The molecule has 3 aliphatic rings. The average molecular weight is 344 g/mol. The lowest BCUT2D eigenvalue weighted by Gasteiger charge is -2.55. The van der Waals surface area contributed by atoms with Crippen molar-refractivity contribution in [3.63, 3.8) is 0 Å². The van der Waals surface area contributed by atoms with E-state index in [0.717, 1.165) is 13.2 Å². The molecule has 2 aliphatic carbocycles. The highest BCUT2D eigenvalue weighted by molar-refractivity contribution is 5.11. The summed E-state index contributed by atoms with van der Waals surface area (Å²) >= 11 is 0. The fourth-order valence-electron chi connectivity index (χ4n) is 5.41. The molecule has 0 unspecified atom stereocenters. The van der Waals surface area contributed by atoms with Crippen LogP contribution < -0.4 is 5.32 Å². The number of nitrogens with zero attached hydrogens (tertiary/aromatic N) is 2. The zero-order valence-electron chi connectivity index (χ0n) is 15.6. The first-order chi connectivity index (χ1) is 12.3. The van der Waals surface area contributed by atoms with E-state index in [1.165, 1.54) is 63.6 Å². The van der Waals surface area contributed by atoms with Crippen LogP contribution >= 0.6 is 0 Å². The molecule has 0 aromatic carbocycles. The monoisotopic (exact) mass is 343 g/mol. The molecule has 1 aromatic rings. The molecule has 3 fully saturated rings. The van der Waals surface area contributed by atoms with Crippen LogP contribution in [0.4, 0.5) is 0 Å². The minimum atomic E-state index is 0.461. The van der Waals surface area contributed by atoms with Crippen molar-refractivity contribution < 1.29 is 4.74 Å². The number of nitrogens with one attached hydrogen (secondary N) is 1. The third-order valence-electron chi connectivity index (χ3n) is 6.84. The first-order valence-electron chi connectivity index (χ1n) is 10.3. The largest absolute Gasteiger partial charge is 0.378 e. The van der Waals surface area contributed by atoms with Crippen LogP contribution in [0.2, 0.25) is 0 Å². The Morgan fingerprint density at radius 1 is 1.28 bits per heavy atom. The van der Waals surface area contributed by atoms with E-state index in [2.05, 4.69) is 28.2 Å². The van der Waals surface area contributed by atoms with Crippen LogP contribution in [0.3, 0.4) is 0 Å². The molecule has 0 radical (unpaired) electrons. The smallest absolute Gasteiger partial charge is 0.0661 e.